The number of fused-ring (bicyclic) bond motifs is 1. The molecule has 2 aromatic rings. The van der Waals surface area contributed by atoms with Crippen molar-refractivity contribution in [3.63, 3.8) is 0 Å². The minimum atomic E-state index is -0.116. The Balaban J connectivity index is 1.48. The first kappa shape index (κ1) is 22.0. The molecule has 0 radical (unpaired) electrons. The van der Waals surface area contributed by atoms with Crippen molar-refractivity contribution in [3.05, 3.63) is 40.0 Å². The summed E-state index contributed by atoms with van der Waals surface area (Å²) < 4.78 is 7.19. The first-order chi connectivity index (χ1) is 15.1. The van der Waals surface area contributed by atoms with Gasteiger partial charge in [0.1, 0.15) is 5.00 Å². The zero-order chi connectivity index (χ0) is 21.8. The molecule has 0 saturated carbocycles. The summed E-state index contributed by atoms with van der Waals surface area (Å²) in [7, 11) is 3.67. The second-order valence-electron chi connectivity index (χ2n) is 8.38. The van der Waals surface area contributed by atoms with Gasteiger partial charge in [0.2, 0.25) is 5.91 Å². The Kier molecular flexibility index (Phi) is 7.09. The lowest BCUT2D eigenvalue weighted by Gasteiger charge is -2.24. The summed E-state index contributed by atoms with van der Waals surface area (Å²) >= 11 is 1.57. The highest BCUT2D eigenvalue weighted by molar-refractivity contribution is 7.17. The lowest BCUT2D eigenvalue weighted by molar-refractivity contribution is -0.117. The van der Waals surface area contributed by atoms with Gasteiger partial charge in [-0.2, -0.15) is 0 Å². The number of methoxy groups -OCH3 is 1. The molecular formula is C23H32N4O3S. The SMILES string of the molecule is COCCNC(=O)c1c(NC(=O)CN2CCC[C@@H]2c2cccn2C)sc2c1CCCC2. The van der Waals surface area contributed by atoms with E-state index in [-0.39, 0.29) is 17.9 Å². The van der Waals surface area contributed by atoms with Gasteiger partial charge < -0.3 is 19.9 Å². The van der Waals surface area contributed by atoms with Gasteiger partial charge in [-0.15, -0.1) is 11.3 Å². The normalized spacial score (nSPS) is 18.7. The summed E-state index contributed by atoms with van der Waals surface area (Å²) in [6.45, 7) is 2.17. The molecule has 3 heterocycles. The van der Waals surface area contributed by atoms with Crippen molar-refractivity contribution < 1.29 is 14.3 Å². The van der Waals surface area contributed by atoms with Crippen molar-refractivity contribution in [2.45, 2.75) is 44.6 Å². The molecule has 4 rings (SSSR count). The number of aromatic nitrogens is 1. The molecule has 168 valence electrons. The molecule has 0 unspecified atom stereocenters. The highest BCUT2D eigenvalue weighted by atomic mass is 32.1. The molecule has 0 bridgehead atoms. The lowest BCUT2D eigenvalue weighted by Crippen LogP contribution is -2.34. The molecule has 0 spiro atoms. The van der Waals surface area contributed by atoms with Crippen LogP contribution < -0.4 is 10.6 Å². The first-order valence-electron chi connectivity index (χ1n) is 11.1. The van der Waals surface area contributed by atoms with Crippen LogP contribution in [0.15, 0.2) is 18.3 Å². The summed E-state index contributed by atoms with van der Waals surface area (Å²) in [5, 5.41) is 6.71. The van der Waals surface area contributed by atoms with Gasteiger partial charge in [0, 0.05) is 37.5 Å². The van der Waals surface area contributed by atoms with Crippen LogP contribution in [0.2, 0.25) is 0 Å². The molecule has 2 aromatic heterocycles. The molecule has 2 aliphatic rings. The number of rotatable bonds is 8. The van der Waals surface area contributed by atoms with E-state index < -0.39 is 0 Å². The van der Waals surface area contributed by atoms with Gasteiger partial charge in [-0.05, 0) is 62.8 Å². The van der Waals surface area contributed by atoms with Gasteiger partial charge in [-0.25, -0.2) is 0 Å². The van der Waals surface area contributed by atoms with Crippen LogP contribution in [0.25, 0.3) is 0 Å². The molecule has 31 heavy (non-hydrogen) atoms. The molecule has 1 fully saturated rings. The standard InChI is InChI=1S/C23H32N4O3S/c1-26-12-5-8-17(26)18-9-6-13-27(18)15-20(28)25-23-21(22(29)24-11-14-30-2)16-7-3-4-10-19(16)31-23/h5,8,12,18H,3-4,6-7,9-11,13-15H2,1-2H3,(H,24,29)(H,25,28)/t18-/m1/s1. The van der Waals surface area contributed by atoms with Crippen molar-refractivity contribution >= 4 is 28.2 Å². The van der Waals surface area contributed by atoms with Crippen LogP contribution in [0.1, 0.15) is 58.2 Å². The van der Waals surface area contributed by atoms with Crippen molar-refractivity contribution in [2.24, 2.45) is 7.05 Å². The second-order valence-corrected chi connectivity index (χ2v) is 9.49. The fourth-order valence-electron chi connectivity index (χ4n) is 4.77. The monoisotopic (exact) mass is 444 g/mol. The van der Waals surface area contributed by atoms with Crippen LogP contribution >= 0.6 is 11.3 Å². The number of thiophene rings is 1. The molecule has 7 nitrogen and oxygen atoms in total. The number of nitrogens with zero attached hydrogens (tertiary/aromatic N) is 2. The maximum absolute atomic E-state index is 13.0. The fourth-order valence-corrected chi connectivity index (χ4v) is 6.07. The minimum absolute atomic E-state index is 0.0503. The van der Waals surface area contributed by atoms with E-state index in [1.165, 1.54) is 10.6 Å². The molecule has 1 aliphatic heterocycles. The number of likely N-dealkylation sites (tertiary alicyclic amines) is 1. The van der Waals surface area contributed by atoms with Crippen molar-refractivity contribution in [1.82, 2.24) is 14.8 Å². The van der Waals surface area contributed by atoms with Crippen LogP contribution in [0.3, 0.4) is 0 Å². The number of amides is 2. The van der Waals surface area contributed by atoms with Crippen LogP contribution in [-0.2, 0) is 29.4 Å². The van der Waals surface area contributed by atoms with E-state index in [1.807, 2.05) is 0 Å². The van der Waals surface area contributed by atoms with Crippen molar-refractivity contribution in [2.75, 3.05) is 38.7 Å². The Morgan fingerprint density at radius 2 is 2.10 bits per heavy atom. The summed E-state index contributed by atoms with van der Waals surface area (Å²) in [5.41, 5.74) is 3.02. The number of hydrogen-bond donors (Lipinski definition) is 2. The third-order valence-electron chi connectivity index (χ3n) is 6.28. The minimum Gasteiger partial charge on any atom is -0.383 e. The summed E-state index contributed by atoms with van der Waals surface area (Å²) in [6, 6.07) is 4.45. The van der Waals surface area contributed by atoms with Gasteiger partial charge in [0.25, 0.3) is 5.91 Å². The third-order valence-corrected chi connectivity index (χ3v) is 7.49. The van der Waals surface area contributed by atoms with Gasteiger partial charge in [0.05, 0.1) is 24.8 Å². The van der Waals surface area contributed by atoms with Crippen LogP contribution in [0.5, 0.6) is 0 Å². The average Bonchev–Trinajstić information content (AvgIpc) is 3.46. The first-order valence-corrected chi connectivity index (χ1v) is 12.0. The van der Waals surface area contributed by atoms with Gasteiger partial charge in [0.15, 0.2) is 0 Å². The van der Waals surface area contributed by atoms with Gasteiger partial charge in [-0.3, -0.25) is 14.5 Å². The van der Waals surface area contributed by atoms with Gasteiger partial charge >= 0.3 is 0 Å². The molecule has 2 N–H and O–H groups in total. The van der Waals surface area contributed by atoms with Gasteiger partial charge in [-0.1, -0.05) is 0 Å². The van der Waals surface area contributed by atoms with E-state index in [0.717, 1.165) is 50.6 Å². The summed E-state index contributed by atoms with van der Waals surface area (Å²) in [6.07, 6.45) is 8.30. The molecular weight excluding hydrogens is 412 g/mol. The van der Waals surface area contributed by atoms with Crippen LogP contribution in [-0.4, -0.2) is 54.6 Å². The molecule has 0 aromatic carbocycles. The Morgan fingerprint density at radius 1 is 1.26 bits per heavy atom. The van der Waals surface area contributed by atoms with Crippen LogP contribution in [0.4, 0.5) is 5.00 Å². The largest absolute Gasteiger partial charge is 0.383 e. The molecule has 8 heteroatoms. The fraction of sp³-hybridized carbons (Fsp3) is 0.565. The smallest absolute Gasteiger partial charge is 0.254 e. The molecule has 1 aliphatic carbocycles. The molecule has 1 atom stereocenters. The van der Waals surface area contributed by atoms with Crippen molar-refractivity contribution in [3.8, 4) is 0 Å². The zero-order valence-corrected chi connectivity index (χ0v) is 19.2. The molecule has 2 amide bonds. The Labute approximate surface area is 187 Å². The number of carbonyl (C=O) groups excluding carboxylic acids is 2. The van der Waals surface area contributed by atoms with E-state index in [2.05, 4.69) is 45.5 Å². The Bertz CT molecular complexity index is 935. The topological polar surface area (TPSA) is 75.6 Å². The second kappa shape index (κ2) is 9.97. The maximum atomic E-state index is 13.0. The molecule has 1 saturated heterocycles. The van der Waals surface area contributed by atoms with E-state index in [4.69, 9.17) is 4.74 Å². The van der Waals surface area contributed by atoms with E-state index in [1.54, 1.807) is 18.4 Å². The van der Waals surface area contributed by atoms with Crippen molar-refractivity contribution in [1.29, 1.82) is 0 Å². The van der Waals surface area contributed by atoms with E-state index >= 15 is 0 Å². The predicted molar refractivity (Wildman–Crippen MR) is 123 cm³/mol. The maximum Gasteiger partial charge on any atom is 0.254 e. The number of ether oxygens (including phenoxy) is 1. The van der Waals surface area contributed by atoms with E-state index in [9.17, 15) is 9.59 Å². The average molecular weight is 445 g/mol. The highest BCUT2D eigenvalue weighted by Gasteiger charge is 2.30. The predicted octanol–water partition coefficient (Wildman–Crippen LogP) is 3.12. The Hall–Kier alpha value is -2.16. The van der Waals surface area contributed by atoms with E-state index in [0.29, 0.717) is 30.3 Å². The Morgan fingerprint density at radius 3 is 2.87 bits per heavy atom. The third kappa shape index (κ3) is 4.86. The quantitative estimate of drug-likeness (QED) is 0.614. The summed E-state index contributed by atoms with van der Waals surface area (Å²) in [4.78, 5) is 29.4. The summed E-state index contributed by atoms with van der Waals surface area (Å²) in [5.74, 6) is -0.166. The van der Waals surface area contributed by atoms with Crippen LogP contribution in [0, 0.1) is 0 Å². The number of hydrogen-bond acceptors (Lipinski definition) is 5. The lowest BCUT2D eigenvalue weighted by atomic mass is 9.95. The number of nitrogens with one attached hydrogen (secondary N) is 2. The zero-order valence-electron chi connectivity index (χ0n) is 18.4. The highest BCUT2D eigenvalue weighted by Crippen LogP contribution is 2.38. The number of anilines is 1. The number of carbonyl (C=O) groups is 2. The number of aryl methyl sites for hydroxylation is 2.